The molecule has 2 aromatic rings. The summed E-state index contributed by atoms with van der Waals surface area (Å²) in [5, 5.41) is 9.23. The second kappa shape index (κ2) is 13.9. The molecular formula is C37H50N4O5. The Morgan fingerprint density at radius 2 is 1.54 bits per heavy atom. The van der Waals surface area contributed by atoms with E-state index in [1.807, 2.05) is 24.3 Å². The van der Waals surface area contributed by atoms with Gasteiger partial charge in [0.2, 0.25) is 5.91 Å². The Hall–Kier alpha value is -3.75. The van der Waals surface area contributed by atoms with Gasteiger partial charge in [0.15, 0.2) is 5.60 Å². The van der Waals surface area contributed by atoms with Gasteiger partial charge in [0, 0.05) is 63.6 Å². The van der Waals surface area contributed by atoms with Crippen LogP contribution in [0.15, 0.2) is 48.5 Å². The molecule has 46 heavy (non-hydrogen) atoms. The maximum absolute atomic E-state index is 14.0. The first kappa shape index (κ1) is 32.2. The molecule has 3 amide bonds. The summed E-state index contributed by atoms with van der Waals surface area (Å²) in [5.41, 5.74) is 2.56. The van der Waals surface area contributed by atoms with E-state index >= 15 is 0 Å². The van der Waals surface area contributed by atoms with Crippen LogP contribution >= 0.6 is 0 Å². The number of rotatable bonds is 9. The number of carboxylic acid groups (broad SMARTS) is 1. The van der Waals surface area contributed by atoms with Crippen molar-refractivity contribution < 1.29 is 24.2 Å². The van der Waals surface area contributed by atoms with E-state index in [4.69, 9.17) is 4.74 Å². The zero-order valence-corrected chi connectivity index (χ0v) is 27.5. The third-order valence-corrected chi connectivity index (χ3v) is 10.4. The van der Waals surface area contributed by atoms with Crippen molar-refractivity contribution in [2.75, 3.05) is 44.2 Å². The molecule has 9 heteroatoms. The van der Waals surface area contributed by atoms with Gasteiger partial charge in [-0.1, -0.05) is 49.6 Å². The summed E-state index contributed by atoms with van der Waals surface area (Å²) in [5.74, 6) is 1.35. The summed E-state index contributed by atoms with van der Waals surface area (Å²) < 4.78 is 6.27. The van der Waals surface area contributed by atoms with Crippen molar-refractivity contribution in [2.24, 2.45) is 5.92 Å². The summed E-state index contributed by atoms with van der Waals surface area (Å²) in [6.07, 6.45) is 9.68. The molecule has 4 aliphatic rings. The lowest BCUT2D eigenvalue weighted by atomic mass is 9.84. The van der Waals surface area contributed by atoms with E-state index in [-0.39, 0.29) is 17.7 Å². The van der Waals surface area contributed by atoms with E-state index < -0.39 is 11.7 Å². The average Bonchev–Trinajstić information content (AvgIpc) is 3.93. The van der Waals surface area contributed by atoms with Crippen molar-refractivity contribution in [3.8, 4) is 5.75 Å². The molecule has 0 spiro atoms. The number of hydrogen-bond donors (Lipinski definition) is 1. The summed E-state index contributed by atoms with van der Waals surface area (Å²) in [7, 11) is 0. The molecule has 0 unspecified atom stereocenters. The maximum Gasteiger partial charge on any atom is 0.407 e. The Morgan fingerprint density at radius 1 is 0.848 bits per heavy atom. The molecule has 2 saturated carbocycles. The van der Waals surface area contributed by atoms with Crippen molar-refractivity contribution in [1.82, 2.24) is 14.7 Å². The first-order valence-corrected chi connectivity index (χ1v) is 17.4. The van der Waals surface area contributed by atoms with Gasteiger partial charge in [-0.15, -0.1) is 0 Å². The van der Waals surface area contributed by atoms with Crippen LogP contribution in [0.25, 0.3) is 0 Å². The number of piperazine rings is 1. The van der Waals surface area contributed by atoms with E-state index in [9.17, 15) is 19.5 Å². The fourth-order valence-electron chi connectivity index (χ4n) is 7.51. The van der Waals surface area contributed by atoms with Gasteiger partial charge in [0.25, 0.3) is 5.91 Å². The van der Waals surface area contributed by atoms with Gasteiger partial charge in [-0.3, -0.25) is 9.59 Å². The predicted molar refractivity (Wildman–Crippen MR) is 178 cm³/mol. The molecule has 0 bridgehead atoms. The van der Waals surface area contributed by atoms with Crippen LogP contribution in [0.5, 0.6) is 5.75 Å². The van der Waals surface area contributed by atoms with Crippen molar-refractivity contribution >= 4 is 23.6 Å². The van der Waals surface area contributed by atoms with E-state index in [1.165, 1.54) is 48.1 Å². The summed E-state index contributed by atoms with van der Waals surface area (Å²) in [6.45, 7) is 7.04. The molecule has 2 saturated heterocycles. The highest BCUT2D eigenvalue weighted by Crippen LogP contribution is 2.35. The standard InChI is InChI=1S/C37H50N4O5/c1-37(2,35(43)38-20-22-39(23-21-38)36(44)45)46-33-12-6-11-32(24-33)40-19-7-10-30(26-40)34(42)41(31-17-18-31)25-27-13-15-29(16-14-27)28-8-4-3-5-9-28/h6,11-16,24,28,30-31H,3-5,7-10,17-23,25-26H2,1-2H3,(H,44,45)/t30-/m1/s1. The molecule has 6 rings (SSSR count). The van der Waals surface area contributed by atoms with Crippen LogP contribution in [0.3, 0.4) is 0 Å². The van der Waals surface area contributed by atoms with Gasteiger partial charge >= 0.3 is 6.09 Å². The Labute approximate surface area is 273 Å². The lowest BCUT2D eigenvalue weighted by Gasteiger charge is -2.38. The lowest BCUT2D eigenvalue weighted by molar-refractivity contribution is -0.147. The van der Waals surface area contributed by atoms with Gasteiger partial charge in [-0.05, 0) is 81.5 Å². The van der Waals surface area contributed by atoms with Gasteiger partial charge < -0.3 is 29.4 Å². The average molecular weight is 631 g/mol. The van der Waals surface area contributed by atoms with Crippen molar-refractivity contribution in [2.45, 2.75) is 95.7 Å². The topological polar surface area (TPSA) is 93.6 Å². The maximum atomic E-state index is 14.0. The normalized spacial score (nSPS) is 21.2. The number of anilines is 1. The first-order chi connectivity index (χ1) is 22.2. The Balaban J connectivity index is 1.07. The molecule has 9 nitrogen and oxygen atoms in total. The molecule has 1 N–H and O–H groups in total. The predicted octanol–water partition coefficient (Wildman–Crippen LogP) is 6.12. The minimum atomic E-state index is -1.11. The number of carbonyl (C=O) groups excluding carboxylic acids is 2. The molecule has 2 aromatic carbocycles. The smallest absolute Gasteiger partial charge is 0.407 e. The SMILES string of the molecule is CC(C)(Oc1cccc(N2CCC[C@@H](C(=O)N(Cc3ccc(C4CCCCC4)cc3)C3CC3)C2)c1)C(=O)N1CCN(C(=O)O)CC1. The van der Waals surface area contributed by atoms with Crippen LogP contribution in [-0.2, 0) is 16.1 Å². The zero-order valence-electron chi connectivity index (χ0n) is 27.5. The zero-order chi connectivity index (χ0) is 32.3. The van der Waals surface area contributed by atoms with Crippen LogP contribution < -0.4 is 9.64 Å². The third kappa shape index (κ3) is 7.61. The van der Waals surface area contributed by atoms with Crippen LogP contribution in [-0.4, -0.2) is 88.6 Å². The molecule has 2 aliphatic heterocycles. The number of benzene rings is 2. The Bertz CT molecular complexity index is 1380. The number of carbonyl (C=O) groups is 3. The van der Waals surface area contributed by atoms with Crippen LogP contribution in [0.4, 0.5) is 10.5 Å². The van der Waals surface area contributed by atoms with Gasteiger partial charge in [0.1, 0.15) is 5.75 Å². The lowest BCUT2D eigenvalue weighted by Crippen LogP contribution is -2.56. The van der Waals surface area contributed by atoms with Crippen molar-refractivity contribution in [3.05, 3.63) is 59.7 Å². The van der Waals surface area contributed by atoms with Crippen molar-refractivity contribution in [3.63, 3.8) is 0 Å². The van der Waals surface area contributed by atoms with Gasteiger partial charge in [-0.25, -0.2) is 4.79 Å². The summed E-state index contributed by atoms with van der Waals surface area (Å²) in [4.78, 5) is 46.0. The third-order valence-electron chi connectivity index (χ3n) is 10.4. The molecule has 1 atom stereocenters. The molecule has 0 aromatic heterocycles. The number of piperidine rings is 1. The van der Waals surface area contributed by atoms with E-state index in [2.05, 4.69) is 34.1 Å². The summed E-state index contributed by atoms with van der Waals surface area (Å²) >= 11 is 0. The molecule has 2 heterocycles. The fraction of sp³-hybridized carbons (Fsp3) is 0.595. The molecule has 2 aliphatic carbocycles. The largest absolute Gasteiger partial charge is 0.478 e. The molecule has 4 fully saturated rings. The van der Waals surface area contributed by atoms with Crippen LogP contribution in [0.2, 0.25) is 0 Å². The number of hydrogen-bond acceptors (Lipinski definition) is 5. The Kier molecular flexibility index (Phi) is 9.76. The highest BCUT2D eigenvalue weighted by atomic mass is 16.5. The van der Waals surface area contributed by atoms with Gasteiger partial charge in [0.05, 0.1) is 5.92 Å². The fourth-order valence-corrected chi connectivity index (χ4v) is 7.51. The molecule has 0 radical (unpaired) electrons. The minimum absolute atomic E-state index is 0.0528. The van der Waals surface area contributed by atoms with Crippen molar-refractivity contribution in [1.29, 1.82) is 0 Å². The van der Waals surface area contributed by atoms with Crippen LogP contribution in [0.1, 0.15) is 88.7 Å². The highest BCUT2D eigenvalue weighted by molar-refractivity contribution is 5.85. The monoisotopic (exact) mass is 630 g/mol. The van der Waals surface area contributed by atoms with E-state index in [0.717, 1.165) is 37.9 Å². The number of ether oxygens (including phenoxy) is 1. The number of nitrogens with zero attached hydrogens (tertiary/aromatic N) is 4. The summed E-state index contributed by atoms with van der Waals surface area (Å²) in [6, 6.07) is 17.3. The molecule has 248 valence electrons. The Morgan fingerprint density at radius 3 is 2.22 bits per heavy atom. The second-order valence-corrected chi connectivity index (χ2v) is 14.2. The quantitative estimate of drug-likeness (QED) is 0.359. The second-order valence-electron chi connectivity index (χ2n) is 14.2. The highest BCUT2D eigenvalue weighted by Gasteiger charge is 2.38. The molecular weight excluding hydrogens is 580 g/mol. The minimum Gasteiger partial charge on any atom is -0.478 e. The van der Waals surface area contributed by atoms with Gasteiger partial charge in [-0.2, -0.15) is 0 Å². The first-order valence-electron chi connectivity index (χ1n) is 17.4. The van der Waals surface area contributed by atoms with E-state index in [1.54, 1.807) is 18.7 Å². The van der Waals surface area contributed by atoms with E-state index in [0.29, 0.717) is 57.0 Å². The number of amides is 3. The van der Waals surface area contributed by atoms with Crippen LogP contribution in [0, 0.1) is 5.92 Å².